The van der Waals surface area contributed by atoms with E-state index in [4.69, 9.17) is 0 Å². The van der Waals surface area contributed by atoms with E-state index in [9.17, 15) is 4.79 Å². The molecule has 1 amide bonds. The zero-order chi connectivity index (χ0) is 21.2. The van der Waals surface area contributed by atoms with Gasteiger partial charge in [-0.05, 0) is 24.1 Å². The Hall–Kier alpha value is -2.95. The van der Waals surface area contributed by atoms with Crippen molar-refractivity contribution in [1.29, 1.82) is 0 Å². The molecular weight excluding hydrogens is 400 g/mol. The maximum Gasteiger partial charge on any atom is 0.255 e. The average molecular weight is 427 g/mol. The number of piperazine rings is 1. The Balaban J connectivity index is 1.36. The lowest BCUT2D eigenvalue weighted by molar-refractivity contribution is 0.0599. The molecule has 0 radical (unpaired) electrons. The van der Waals surface area contributed by atoms with E-state index >= 15 is 0 Å². The van der Waals surface area contributed by atoms with Gasteiger partial charge in [-0.2, -0.15) is 0 Å². The van der Waals surface area contributed by atoms with Gasteiger partial charge in [0.25, 0.3) is 5.91 Å². The number of thiophene rings is 1. The van der Waals surface area contributed by atoms with Crippen LogP contribution in [-0.4, -0.2) is 41.9 Å². The van der Waals surface area contributed by atoms with Crippen molar-refractivity contribution >= 4 is 27.3 Å². The van der Waals surface area contributed by atoms with Gasteiger partial charge in [-0.15, -0.1) is 11.3 Å². The molecule has 3 nitrogen and oxygen atoms in total. The number of aryl methyl sites for hydroxylation is 1. The normalized spacial score (nSPS) is 15.8. The van der Waals surface area contributed by atoms with Gasteiger partial charge in [-0.3, -0.25) is 9.69 Å². The van der Waals surface area contributed by atoms with E-state index < -0.39 is 0 Å². The fourth-order valence-corrected chi connectivity index (χ4v) is 5.43. The van der Waals surface area contributed by atoms with Gasteiger partial charge in [0.15, 0.2) is 0 Å². The Morgan fingerprint density at radius 3 is 2.19 bits per heavy atom. The number of hydrogen-bond acceptors (Lipinski definition) is 3. The highest BCUT2D eigenvalue weighted by atomic mass is 32.1. The van der Waals surface area contributed by atoms with Gasteiger partial charge in [0, 0.05) is 41.6 Å². The topological polar surface area (TPSA) is 23.6 Å². The zero-order valence-corrected chi connectivity index (χ0v) is 18.5. The summed E-state index contributed by atoms with van der Waals surface area (Å²) in [5, 5.41) is 3.08. The summed E-state index contributed by atoms with van der Waals surface area (Å²) in [6.07, 6.45) is 0. The molecule has 0 N–H and O–H groups in total. The van der Waals surface area contributed by atoms with Crippen LogP contribution < -0.4 is 0 Å². The third-order valence-electron chi connectivity index (χ3n) is 6.19. The molecule has 156 valence electrons. The molecule has 2 heterocycles. The summed E-state index contributed by atoms with van der Waals surface area (Å²) in [5.74, 6) is 0.156. The predicted molar refractivity (Wildman–Crippen MR) is 129 cm³/mol. The molecule has 1 fully saturated rings. The number of hydrogen-bond donors (Lipinski definition) is 0. The molecule has 5 rings (SSSR count). The van der Waals surface area contributed by atoms with Crippen molar-refractivity contribution in [3.05, 3.63) is 106 Å². The van der Waals surface area contributed by atoms with Crippen LogP contribution in [0.1, 0.15) is 33.1 Å². The first-order chi connectivity index (χ1) is 15.2. The summed E-state index contributed by atoms with van der Waals surface area (Å²) in [4.78, 5) is 17.8. The van der Waals surface area contributed by atoms with Crippen LogP contribution in [0.25, 0.3) is 10.1 Å². The first-order valence-corrected chi connectivity index (χ1v) is 11.7. The number of carbonyl (C=O) groups is 1. The highest BCUT2D eigenvalue weighted by Gasteiger charge is 2.29. The number of rotatable bonds is 4. The van der Waals surface area contributed by atoms with Crippen molar-refractivity contribution in [1.82, 2.24) is 9.80 Å². The molecule has 31 heavy (non-hydrogen) atoms. The second kappa shape index (κ2) is 8.66. The predicted octanol–water partition coefficient (Wildman–Crippen LogP) is 5.76. The van der Waals surface area contributed by atoms with Crippen LogP contribution in [0.2, 0.25) is 0 Å². The highest BCUT2D eigenvalue weighted by molar-refractivity contribution is 7.17. The fraction of sp³-hybridized carbons (Fsp3) is 0.222. The largest absolute Gasteiger partial charge is 0.336 e. The maximum atomic E-state index is 13.2. The molecule has 1 saturated heterocycles. The first-order valence-electron chi connectivity index (χ1n) is 10.8. The van der Waals surface area contributed by atoms with Gasteiger partial charge in [-0.25, -0.2) is 0 Å². The van der Waals surface area contributed by atoms with Crippen LogP contribution in [0.5, 0.6) is 0 Å². The van der Waals surface area contributed by atoms with E-state index in [1.54, 1.807) is 11.3 Å². The Morgan fingerprint density at radius 1 is 0.806 bits per heavy atom. The lowest BCUT2D eigenvalue weighted by Crippen LogP contribution is -2.49. The lowest BCUT2D eigenvalue weighted by Gasteiger charge is -2.39. The van der Waals surface area contributed by atoms with E-state index in [2.05, 4.69) is 78.6 Å². The Bertz CT molecular complexity index is 1170. The molecule has 0 unspecified atom stereocenters. The van der Waals surface area contributed by atoms with Crippen LogP contribution in [0.4, 0.5) is 0 Å². The summed E-state index contributed by atoms with van der Waals surface area (Å²) in [7, 11) is 0. The van der Waals surface area contributed by atoms with Crippen molar-refractivity contribution in [2.45, 2.75) is 13.0 Å². The minimum atomic E-state index is 0.156. The van der Waals surface area contributed by atoms with Gasteiger partial charge < -0.3 is 4.90 Å². The molecule has 1 aliphatic rings. The summed E-state index contributed by atoms with van der Waals surface area (Å²) in [5.41, 5.74) is 4.72. The van der Waals surface area contributed by atoms with Crippen molar-refractivity contribution < 1.29 is 4.79 Å². The van der Waals surface area contributed by atoms with Gasteiger partial charge in [-0.1, -0.05) is 78.4 Å². The number of benzene rings is 3. The summed E-state index contributed by atoms with van der Waals surface area (Å²) in [6.45, 7) is 5.35. The fourth-order valence-electron chi connectivity index (χ4n) is 4.50. The van der Waals surface area contributed by atoms with Crippen LogP contribution >= 0.6 is 11.3 Å². The quantitative estimate of drug-likeness (QED) is 0.414. The van der Waals surface area contributed by atoms with E-state index in [0.29, 0.717) is 0 Å². The van der Waals surface area contributed by atoms with Crippen molar-refractivity contribution in [3.8, 4) is 0 Å². The van der Waals surface area contributed by atoms with Crippen LogP contribution in [0.3, 0.4) is 0 Å². The number of carbonyl (C=O) groups excluding carboxylic acids is 1. The summed E-state index contributed by atoms with van der Waals surface area (Å²) < 4.78 is 1.17. The maximum absolute atomic E-state index is 13.2. The Morgan fingerprint density at radius 2 is 1.45 bits per heavy atom. The molecule has 1 aromatic heterocycles. The number of amides is 1. The Labute approximate surface area is 187 Å². The second-order valence-corrected chi connectivity index (χ2v) is 9.11. The summed E-state index contributed by atoms with van der Waals surface area (Å²) in [6, 6.07) is 27.9. The first kappa shape index (κ1) is 20.0. The molecule has 4 heteroatoms. The van der Waals surface area contributed by atoms with Gasteiger partial charge in [0.2, 0.25) is 0 Å². The van der Waals surface area contributed by atoms with Crippen molar-refractivity contribution in [2.24, 2.45) is 0 Å². The SMILES string of the molecule is Cc1ccc([C@H](c2ccccc2)N2CCN(C(=O)c3csc4ccccc34)CC2)cc1. The third-order valence-corrected chi connectivity index (χ3v) is 7.15. The molecule has 0 saturated carbocycles. The standard InChI is InChI=1S/C27H26N2OS/c1-20-11-13-22(14-12-20)26(21-7-3-2-4-8-21)28-15-17-29(18-16-28)27(30)24-19-31-25-10-6-5-9-23(24)25/h2-14,19,26H,15-18H2,1H3/t26-/m0/s1. The monoisotopic (exact) mass is 426 g/mol. The van der Waals surface area contributed by atoms with Gasteiger partial charge in [0.1, 0.15) is 0 Å². The van der Waals surface area contributed by atoms with Gasteiger partial charge >= 0.3 is 0 Å². The van der Waals surface area contributed by atoms with E-state index in [0.717, 1.165) is 37.1 Å². The van der Waals surface area contributed by atoms with E-state index in [1.165, 1.54) is 21.4 Å². The number of fused-ring (bicyclic) bond motifs is 1. The molecule has 3 aromatic carbocycles. The van der Waals surface area contributed by atoms with Gasteiger partial charge in [0.05, 0.1) is 11.6 Å². The van der Waals surface area contributed by atoms with Crippen molar-refractivity contribution in [3.63, 3.8) is 0 Å². The third kappa shape index (κ3) is 4.01. The second-order valence-electron chi connectivity index (χ2n) is 8.20. The minimum Gasteiger partial charge on any atom is -0.336 e. The van der Waals surface area contributed by atoms with Crippen LogP contribution in [-0.2, 0) is 0 Å². The molecule has 0 aliphatic carbocycles. The molecule has 1 atom stereocenters. The highest BCUT2D eigenvalue weighted by Crippen LogP contribution is 2.31. The smallest absolute Gasteiger partial charge is 0.255 e. The van der Waals surface area contributed by atoms with Crippen LogP contribution in [0, 0.1) is 6.92 Å². The molecule has 4 aromatic rings. The zero-order valence-electron chi connectivity index (χ0n) is 17.7. The molecular formula is C27H26N2OS. The lowest BCUT2D eigenvalue weighted by atomic mass is 9.95. The minimum absolute atomic E-state index is 0.156. The van der Waals surface area contributed by atoms with Crippen molar-refractivity contribution in [2.75, 3.05) is 26.2 Å². The molecule has 0 spiro atoms. The average Bonchev–Trinajstić information content (AvgIpc) is 3.25. The number of nitrogens with zero attached hydrogens (tertiary/aromatic N) is 2. The van der Waals surface area contributed by atoms with E-state index in [1.807, 2.05) is 22.4 Å². The Kier molecular flexibility index (Phi) is 5.58. The van der Waals surface area contributed by atoms with E-state index in [-0.39, 0.29) is 11.9 Å². The molecule has 1 aliphatic heterocycles. The molecule has 0 bridgehead atoms. The van der Waals surface area contributed by atoms with Crippen LogP contribution in [0.15, 0.2) is 84.2 Å². The summed E-state index contributed by atoms with van der Waals surface area (Å²) >= 11 is 1.65.